The van der Waals surface area contributed by atoms with Crippen LogP contribution in [0, 0.1) is 6.92 Å². The van der Waals surface area contributed by atoms with Crippen LogP contribution in [0.25, 0.3) is 0 Å². The van der Waals surface area contributed by atoms with Crippen LogP contribution in [0.3, 0.4) is 0 Å². The van der Waals surface area contributed by atoms with E-state index in [9.17, 15) is 4.79 Å². The van der Waals surface area contributed by atoms with E-state index in [1.807, 2.05) is 27.7 Å². The quantitative estimate of drug-likeness (QED) is 0.876. The molecular weight excluding hydrogens is 234 g/mol. The van der Waals surface area contributed by atoms with E-state index in [4.69, 9.17) is 9.84 Å². The average Bonchev–Trinajstić information content (AvgIpc) is 2.25. The second-order valence-electron chi connectivity index (χ2n) is 4.98. The van der Waals surface area contributed by atoms with Gasteiger partial charge in [0, 0.05) is 5.54 Å². The lowest BCUT2D eigenvalue weighted by molar-refractivity contribution is -0.135. The second-order valence-corrected chi connectivity index (χ2v) is 4.98. The molecular formula is C12H19N3O3. The number of hydrogen-bond donors (Lipinski definition) is 1. The first kappa shape index (κ1) is 14.2. The zero-order valence-corrected chi connectivity index (χ0v) is 11.4. The molecule has 0 saturated heterocycles. The molecule has 1 heterocycles. The molecule has 1 aromatic rings. The van der Waals surface area contributed by atoms with Crippen molar-refractivity contribution in [2.75, 3.05) is 18.6 Å². The van der Waals surface area contributed by atoms with Crippen molar-refractivity contribution >= 4 is 11.8 Å². The van der Waals surface area contributed by atoms with Gasteiger partial charge in [0.15, 0.2) is 0 Å². The summed E-state index contributed by atoms with van der Waals surface area (Å²) in [6.45, 7) is 7.50. The highest BCUT2D eigenvalue weighted by Crippen LogP contribution is 2.28. The number of carboxylic acid groups (broad SMARTS) is 1. The van der Waals surface area contributed by atoms with Gasteiger partial charge in [-0.25, -0.2) is 9.97 Å². The highest BCUT2D eigenvalue weighted by Gasteiger charge is 2.27. The largest absolute Gasteiger partial charge is 0.481 e. The predicted octanol–water partition coefficient (Wildman–Crippen LogP) is 1.48. The van der Waals surface area contributed by atoms with E-state index in [0.717, 1.165) is 5.56 Å². The highest BCUT2D eigenvalue weighted by atomic mass is 16.5. The summed E-state index contributed by atoms with van der Waals surface area (Å²) in [6.07, 6.45) is 1.38. The normalized spacial score (nSPS) is 11.2. The van der Waals surface area contributed by atoms with E-state index in [1.54, 1.807) is 4.90 Å². The number of hydrogen-bond acceptors (Lipinski definition) is 5. The van der Waals surface area contributed by atoms with E-state index in [-0.39, 0.29) is 12.1 Å². The molecule has 0 fully saturated rings. The Morgan fingerprint density at radius 3 is 2.50 bits per heavy atom. The van der Waals surface area contributed by atoms with Crippen LogP contribution in [-0.2, 0) is 4.79 Å². The molecule has 0 saturated carbocycles. The van der Waals surface area contributed by atoms with Crippen LogP contribution < -0.4 is 9.64 Å². The predicted molar refractivity (Wildman–Crippen MR) is 68.1 cm³/mol. The number of aromatic nitrogens is 2. The number of carbonyl (C=O) groups is 1. The molecule has 1 aromatic heterocycles. The first-order chi connectivity index (χ1) is 8.27. The summed E-state index contributed by atoms with van der Waals surface area (Å²) in [7, 11) is 1.53. The molecule has 0 spiro atoms. The van der Waals surface area contributed by atoms with E-state index >= 15 is 0 Å². The molecule has 0 amide bonds. The minimum atomic E-state index is -0.901. The Bertz CT molecular complexity index is 441. The first-order valence-electron chi connectivity index (χ1n) is 5.62. The van der Waals surface area contributed by atoms with Gasteiger partial charge in [-0.15, -0.1) is 0 Å². The molecule has 1 N–H and O–H groups in total. The summed E-state index contributed by atoms with van der Waals surface area (Å²) in [5.74, 6) is 0.137. The van der Waals surface area contributed by atoms with Crippen molar-refractivity contribution < 1.29 is 14.6 Å². The van der Waals surface area contributed by atoms with E-state index in [2.05, 4.69) is 9.97 Å². The third kappa shape index (κ3) is 3.09. The average molecular weight is 253 g/mol. The molecule has 0 aromatic carbocycles. The number of anilines is 1. The molecule has 0 aliphatic heterocycles. The Kier molecular flexibility index (Phi) is 4.11. The molecule has 0 bridgehead atoms. The molecule has 0 radical (unpaired) electrons. The van der Waals surface area contributed by atoms with Gasteiger partial charge in [-0.3, -0.25) is 4.79 Å². The maximum atomic E-state index is 11.0. The van der Waals surface area contributed by atoms with Crippen LogP contribution in [0.2, 0.25) is 0 Å². The number of methoxy groups -OCH3 is 1. The second kappa shape index (κ2) is 5.20. The fourth-order valence-electron chi connectivity index (χ4n) is 1.67. The highest BCUT2D eigenvalue weighted by molar-refractivity contribution is 5.74. The van der Waals surface area contributed by atoms with Crippen LogP contribution in [0.15, 0.2) is 6.33 Å². The minimum Gasteiger partial charge on any atom is -0.481 e. The van der Waals surface area contributed by atoms with E-state index in [0.29, 0.717) is 11.7 Å². The zero-order valence-electron chi connectivity index (χ0n) is 11.4. The van der Waals surface area contributed by atoms with Gasteiger partial charge in [0.2, 0.25) is 5.88 Å². The van der Waals surface area contributed by atoms with Crippen molar-refractivity contribution in [1.29, 1.82) is 0 Å². The molecule has 100 valence electrons. The van der Waals surface area contributed by atoms with Crippen LogP contribution in [0.1, 0.15) is 26.3 Å². The van der Waals surface area contributed by atoms with E-state index < -0.39 is 5.97 Å². The van der Waals surface area contributed by atoms with Gasteiger partial charge >= 0.3 is 5.97 Å². The van der Waals surface area contributed by atoms with Crippen molar-refractivity contribution in [2.45, 2.75) is 33.2 Å². The minimum absolute atomic E-state index is 0.121. The lowest BCUT2D eigenvalue weighted by atomic mass is 10.1. The van der Waals surface area contributed by atoms with Gasteiger partial charge in [-0.2, -0.15) is 0 Å². The Balaban J connectivity index is 3.25. The van der Waals surface area contributed by atoms with Crippen LogP contribution in [0.4, 0.5) is 5.82 Å². The summed E-state index contributed by atoms with van der Waals surface area (Å²) in [6, 6.07) is 0. The maximum Gasteiger partial charge on any atom is 0.323 e. The number of nitrogens with zero attached hydrogens (tertiary/aromatic N) is 3. The Hall–Kier alpha value is -1.85. The van der Waals surface area contributed by atoms with Crippen molar-refractivity contribution in [1.82, 2.24) is 9.97 Å². The lowest BCUT2D eigenvalue weighted by Gasteiger charge is -2.36. The number of ether oxygens (including phenoxy) is 1. The Morgan fingerprint density at radius 1 is 1.44 bits per heavy atom. The fraction of sp³-hybridized carbons (Fsp3) is 0.583. The monoisotopic (exact) mass is 253 g/mol. The maximum absolute atomic E-state index is 11.0. The summed E-state index contributed by atoms with van der Waals surface area (Å²) in [5.41, 5.74) is 0.374. The molecule has 0 atom stereocenters. The summed E-state index contributed by atoms with van der Waals surface area (Å²) in [5, 5.41) is 9.01. The SMILES string of the molecule is COc1ncnc(N(CC(=O)O)C(C)(C)C)c1C. The number of carboxylic acids is 1. The van der Waals surface area contributed by atoms with E-state index in [1.165, 1.54) is 13.4 Å². The van der Waals surface area contributed by atoms with Crippen molar-refractivity contribution in [3.05, 3.63) is 11.9 Å². The fourth-order valence-corrected chi connectivity index (χ4v) is 1.67. The third-order valence-electron chi connectivity index (χ3n) is 2.56. The molecule has 6 nitrogen and oxygen atoms in total. The topological polar surface area (TPSA) is 75.6 Å². The molecule has 6 heteroatoms. The number of aliphatic carboxylic acids is 1. The van der Waals surface area contributed by atoms with Gasteiger partial charge in [-0.05, 0) is 27.7 Å². The Morgan fingerprint density at radius 2 is 2.06 bits per heavy atom. The van der Waals surface area contributed by atoms with Crippen molar-refractivity contribution in [3.8, 4) is 5.88 Å². The van der Waals surface area contributed by atoms with Crippen molar-refractivity contribution in [3.63, 3.8) is 0 Å². The van der Waals surface area contributed by atoms with Crippen molar-refractivity contribution in [2.24, 2.45) is 0 Å². The molecule has 0 unspecified atom stereocenters. The smallest absolute Gasteiger partial charge is 0.323 e. The van der Waals surface area contributed by atoms with Gasteiger partial charge < -0.3 is 14.7 Å². The summed E-state index contributed by atoms with van der Waals surface area (Å²) >= 11 is 0. The molecule has 0 aliphatic carbocycles. The van der Waals surface area contributed by atoms with Crippen LogP contribution in [0.5, 0.6) is 5.88 Å². The van der Waals surface area contributed by atoms with Gasteiger partial charge in [0.1, 0.15) is 18.7 Å². The van der Waals surface area contributed by atoms with Gasteiger partial charge in [-0.1, -0.05) is 0 Å². The first-order valence-corrected chi connectivity index (χ1v) is 5.62. The summed E-state index contributed by atoms with van der Waals surface area (Å²) in [4.78, 5) is 20.9. The molecule has 0 aliphatic rings. The number of rotatable bonds is 4. The zero-order chi connectivity index (χ0) is 13.9. The van der Waals surface area contributed by atoms with Crippen LogP contribution in [-0.4, -0.2) is 40.2 Å². The lowest BCUT2D eigenvalue weighted by Crippen LogP contribution is -2.45. The Labute approximate surface area is 107 Å². The van der Waals surface area contributed by atoms with Gasteiger partial charge in [0.25, 0.3) is 0 Å². The van der Waals surface area contributed by atoms with Gasteiger partial charge in [0.05, 0.1) is 12.7 Å². The molecule has 1 rings (SSSR count). The molecule has 18 heavy (non-hydrogen) atoms. The van der Waals surface area contributed by atoms with Crippen LogP contribution >= 0.6 is 0 Å². The summed E-state index contributed by atoms with van der Waals surface area (Å²) < 4.78 is 5.13. The third-order valence-corrected chi connectivity index (χ3v) is 2.56. The standard InChI is InChI=1S/C12H19N3O3/c1-8-10(13-7-14-11(8)18-5)15(6-9(16)17)12(2,3)4/h7H,6H2,1-5H3,(H,16,17).